The van der Waals surface area contributed by atoms with Crippen molar-refractivity contribution in [2.75, 3.05) is 18.9 Å². The van der Waals surface area contributed by atoms with Gasteiger partial charge in [0, 0.05) is 12.2 Å². The Balaban J connectivity index is 3.07. The normalized spacial score (nSPS) is 14.2. The summed E-state index contributed by atoms with van der Waals surface area (Å²) in [5.41, 5.74) is 12.7. The highest BCUT2D eigenvalue weighted by Crippen LogP contribution is 2.33. The molecule has 1 atom stereocenters. The van der Waals surface area contributed by atoms with Crippen LogP contribution in [0.25, 0.3) is 0 Å². The zero-order valence-electron chi connectivity index (χ0n) is 12.0. The zero-order chi connectivity index (χ0) is 14.5. The summed E-state index contributed by atoms with van der Waals surface area (Å²) in [5, 5.41) is 0. The van der Waals surface area contributed by atoms with Gasteiger partial charge in [-0.05, 0) is 37.0 Å². The second-order valence-corrected chi connectivity index (χ2v) is 5.16. The molecule has 1 aromatic rings. The van der Waals surface area contributed by atoms with Gasteiger partial charge in [-0.25, -0.2) is 0 Å². The van der Waals surface area contributed by atoms with Gasteiger partial charge >= 0.3 is 5.97 Å². The largest absolute Gasteiger partial charge is 0.466 e. The van der Waals surface area contributed by atoms with Crippen molar-refractivity contribution < 1.29 is 9.53 Å². The van der Waals surface area contributed by atoms with E-state index in [1.165, 1.54) is 0 Å². The van der Waals surface area contributed by atoms with Crippen molar-refractivity contribution in [1.82, 2.24) is 0 Å². The lowest BCUT2D eigenvalue weighted by Crippen LogP contribution is -2.46. The summed E-state index contributed by atoms with van der Waals surface area (Å²) in [6.45, 7) is 6.43. The molecule has 1 unspecified atom stereocenters. The Morgan fingerprint density at radius 1 is 1.42 bits per heavy atom. The zero-order valence-corrected chi connectivity index (χ0v) is 12.0. The van der Waals surface area contributed by atoms with Gasteiger partial charge in [0.2, 0.25) is 0 Å². The summed E-state index contributed by atoms with van der Waals surface area (Å²) < 4.78 is 5.21. The number of nitrogens with two attached hydrogens (primary N) is 2. The molecule has 106 valence electrons. The van der Waals surface area contributed by atoms with Crippen LogP contribution in [0.2, 0.25) is 0 Å². The lowest BCUT2D eigenvalue weighted by atomic mass is 9.72. The van der Waals surface area contributed by atoms with E-state index in [0.717, 1.165) is 5.56 Å². The van der Waals surface area contributed by atoms with Crippen molar-refractivity contribution in [3.8, 4) is 0 Å². The van der Waals surface area contributed by atoms with Gasteiger partial charge in [0.1, 0.15) is 0 Å². The minimum atomic E-state index is -0.691. The van der Waals surface area contributed by atoms with Gasteiger partial charge in [0.25, 0.3) is 0 Å². The van der Waals surface area contributed by atoms with E-state index >= 15 is 0 Å². The number of carbonyl (C=O) groups excluding carboxylic acids is 1. The Hall–Kier alpha value is -1.55. The summed E-state index contributed by atoms with van der Waals surface area (Å²) in [5.74, 6) is -0.132. The Labute approximate surface area is 115 Å². The SMILES string of the molecule is CCOC(=O)C(CN)(Cc1cccc(N)c1)C(C)C. The van der Waals surface area contributed by atoms with Crippen molar-refractivity contribution in [3.63, 3.8) is 0 Å². The molecule has 0 radical (unpaired) electrons. The third kappa shape index (κ3) is 3.47. The first-order valence-electron chi connectivity index (χ1n) is 6.68. The summed E-state index contributed by atoms with van der Waals surface area (Å²) in [6, 6.07) is 7.55. The van der Waals surface area contributed by atoms with Crippen LogP contribution < -0.4 is 11.5 Å². The Kier molecular flexibility index (Phi) is 5.36. The molecule has 0 aromatic heterocycles. The first-order chi connectivity index (χ1) is 8.96. The summed E-state index contributed by atoms with van der Waals surface area (Å²) in [7, 11) is 0. The number of ether oxygens (including phenoxy) is 1. The van der Waals surface area contributed by atoms with Gasteiger partial charge in [0.05, 0.1) is 12.0 Å². The maximum absolute atomic E-state index is 12.3. The molecular weight excluding hydrogens is 240 g/mol. The van der Waals surface area contributed by atoms with Gasteiger partial charge < -0.3 is 16.2 Å². The molecule has 19 heavy (non-hydrogen) atoms. The molecule has 0 saturated carbocycles. The fourth-order valence-corrected chi connectivity index (χ4v) is 2.25. The summed E-state index contributed by atoms with van der Waals surface area (Å²) >= 11 is 0. The van der Waals surface area contributed by atoms with Crippen LogP contribution in [-0.2, 0) is 16.0 Å². The predicted octanol–water partition coefficient (Wildman–Crippen LogP) is 1.98. The highest BCUT2D eigenvalue weighted by atomic mass is 16.5. The van der Waals surface area contributed by atoms with Gasteiger partial charge in [-0.15, -0.1) is 0 Å². The van der Waals surface area contributed by atoms with Gasteiger partial charge in [-0.1, -0.05) is 26.0 Å². The molecule has 0 spiro atoms. The number of benzene rings is 1. The average molecular weight is 264 g/mol. The molecule has 0 heterocycles. The molecule has 4 N–H and O–H groups in total. The molecule has 0 bridgehead atoms. The van der Waals surface area contributed by atoms with Crippen LogP contribution in [-0.4, -0.2) is 19.1 Å². The standard InChI is InChI=1S/C15H24N2O2/c1-4-19-14(18)15(10-16,11(2)3)9-12-6-5-7-13(17)8-12/h5-8,11H,4,9-10,16-17H2,1-3H3. The van der Waals surface area contributed by atoms with Crippen LogP contribution in [0.3, 0.4) is 0 Å². The maximum Gasteiger partial charge on any atom is 0.313 e. The monoisotopic (exact) mass is 264 g/mol. The topological polar surface area (TPSA) is 78.3 Å². The van der Waals surface area contributed by atoms with E-state index in [1.807, 2.05) is 38.1 Å². The molecule has 4 heteroatoms. The lowest BCUT2D eigenvalue weighted by Gasteiger charge is -2.34. The number of hydrogen-bond donors (Lipinski definition) is 2. The molecule has 0 aliphatic rings. The van der Waals surface area contributed by atoms with Gasteiger partial charge in [-0.2, -0.15) is 0 Å². The van der Waals surface area contributed by atoms with E-state index in [2.05, 4.69) is 0 Å². The summed E-state index contributed by atoms with van der Waals surface area (Å²) in [6.07, 6.45) is 0.547. The van der Waals surface area contributed by atoms with E-state index in [0.29, 0.717) is 18.7 Å². The van der Waals surface area contributed by atoms with Crippen molar-refractivity contribution in [1.29, 1.82) is 0 Å². The number of carbonyl (C=O) groups is 1. The number of esters is 1. The van der Waals surface area contributed by atoms with Crippen molar-refractivity contribution in [2.24, 2.45) is 17.1 Å². The highest BCUT2D eigenvalue weighted by molar-refractivity contribution is 5.78. The van der Waals surface area contributed by atoms with Crippen molar-refractivity contribution in [3.05, 3.63) is 29.8 Å². The third-order valence-corrected chi connectivity index (χ3v) is 3.62. The van der Waals surface area contributed by atoms with Crippen LogP contribution in [0.1, 0.15) is 26.3 Å². The minimum Gasteiger partial charge on any atom is -0.466 e. The predicted molar refractivity (Wildman–Crippen MR) is 77.5 cm³/mol. The number of hydrogen-bond acceptors (Lipinski definition) is 4. The van der Waals surface area contributed by atoms with E-state index in [9.17, 15) is 4.79 Å². The molecule has 0 amide bonds. The molecule has 4 nitrogen and oxygen atoms in total. The molecular formula is C15H24N2O2. The fourth-order valence-electron chi connectivity index (χ4n) is 2.25. The minimum absolute atomic E-state index is 0.0954. The summed E-state index contributed by atoms with van der Waals surface area (Å²) in [4.78, 5) is 12.3. The van der Waals surface area contributed by atoms with Crippen LogP contribution in [0.5, 0.6) is 0 Å². The third-order valence-electron chi connectivity index (χ3n) is 3.62. The van der Waals surface area contributed by atoms with Crippen molar-refractivity contribution in [2.45, 2.75) is 27.2 Å². The van der Waals surface area contributed by atoms with E-state index < -0.39 is 5.41 Å². The average Bonchev–Trinajstić information content (AvgIpc) is 2.36. The molecule has 1 aromatic carbocycles. The maximum atomic E-state index is 12.3. The van der Waals surface area contributed by atoms with Crippen LogP contribution in [0.15, 0.2) is 24.3 Å². The van der Waals surface area contributed by atoms with E-state index in [4.69, 9.17) is 16.2 Å². The van der Waals surface area contributed by atoms with Crippen molar-refractivity contribution >= 4 is 11.7 Å². The number of nitrogen functional groups attached to an aromatic ring is 1. The van der Waals surface area contributed by atoms with Crippen LogP contribution in [0, 0.1) is 11.3 Å². The van der Waals surface area contributed by atoms with Crippen LogP contribution >= 0.6 is 0 Å². The molecule has 0 fully saturated rings. The molecule has 0 aliphatic carbocycles. The Bertz CT molecular complexity index is 432. The fraction of sp³-hybridized carbons (Fsp3) is 0.533. The van der Waals surface area contributed by atoms with E-state index in [-0.39, 0.29) is 18.4 Å². The number of anilines is 1. The Morgan fingerprint density at radius 2 is 2.11 bits per heavy atom. The first-order valence-corrected chi connectivity index (χ1v) is 6.68. The second-order valence-electron chi connectivity index (χ2n) is 5.16. The highest BCUT2D eigenvalue weighted by Gasteiger charge is 2.41. The Morgan fingerprint density at radius 3 is 2.58 bits per heavy atom. The van der Waals surface area contributed by atoms with Gasteiger partial charge in [0.15, 0.2) is 0 Å². The lowest BCUT2D eigenvalue weighted by molar-refractivity contribution is -0.157. The molecule has 0 saturated heterocycles. The van der Waals surface area contributed by atoms with E-state index in [1.54, 1.807) is 6.92 Å². The van der Waals surface area contributed by atoms with Gasteiger partial charge in [-0.3, -0.25) is 4.79 Å². The smallest absolute Gasteiger partial charge is 0.313 e. The number of rotatable bonds is 6. The van der Waals surface area contributed by atoms with Crippen LogP contribution in [0.4, 0.5) is 5.69 Å². The first kappa shape index (κ1) is 15.5. The quantitative estimate of drug-likeness (QED) is 0.608. The molecule has 1 rings (SSSR count). The second kappa shape index (κ2) is 6.57. The molecule has 0 aliphatic heterocycles.